The standard InChI is InChI=1S/C23H22FN5O/c1-14-9-11-30-20-7-5-15(24)12-16(20)19-4-3-10-29(19)21-8-6-17-22(28-21)23(27-14)18(25-2)13-26-17/h5-8,12-14,19,27H,3-4,9-11H2,1H3/t14-,19+/m0/s1. The first-order valence-electron chi connectivity index (χ1n) is 10.3. The lowest BCUT2D eigenvalue weighted by atomic mass is 10.0. The van der Waals surface area contributed by atoms with Gasteiger partial charge in [0.1, 0.15) is 22.9 Å². The van der Waals surface area contributed by atoms with Crippen molar-refractivity contribution in [2.45, 2.75) is 38.3 Å². The van der Waals surface area contributed by atoms with Crippen LogP contribution in [0.4, 0.5) is 21.6 Å². The van der Waals surface area contributed by atoms with Crippen LogP contribution in [-0.2, 0) is 0 Å². The number of ether oxygens (including phenoxy) is 1. The molecule has 2 bridgehead atoms. The normalized spacial score (nSPS) is 20.8. The van der Waals surface area contributed by atoms with E-state index in [1.165, 1.54) is 6.07 Å². The summed E-state index contributed by atoms with van der Waals surface area (Å²) in [5.41, 5.74) is 3.47. The predicted octanol–water partition coefficient (Wildman–Crippen LogP) is 5.24. The third-order valence-electron chi connectivity index (χ3n) is 5.88. The lowest BCUT2D eigenvalue weighted by molar-refractivity contribution is 0.299. The molecule has 7 heteroatoms. The molecular formula is C23H22FN5O. The minimum Gasteiger partial charge on any atom is -0.493 e. The minimum absolute atomic E-state index is 0.00719. The predicted molar refractivity (Wildman–Crippen MR) is 115 cm³/mol. The zero-order chi connectivity index (χ0) is 20.7. The molecule has 2 aromatic heterocycles. The third-order valence-corrected chi connectivity index (χ3v) is 5.88. The fourth-order valence-corrected chi connectivity index (χ4v) is 4.37. The molecule has 1 N–H and O–H groups in total. The number of benzene rings is 1. The molecule has 30 heavy (non-hydrogen) atoms. The molecule has 6 nitrogen and oxygen atoms in total. The van der Waals surface area contributed by atoms with Gasteiger partial charge in [-0.25, -0.2) is 14.2 Å². The van der Waals surface area contributed by atoms with Gasteiger partial charge < -0.3 is 15.0 Å². The van der Waals surface area contributed by atoms with Crippen LogP contribution < -0.4 is 15.0 Å². The van der Waals surface area contributed by atoms with Crippen molar-refractivity contribution in [1.29, 1.82) is 0 Å². The molecule has 0 radical (unpaired) electrons. The molecular weight excluding hydrogens is 381 g/mol. The quantitative estimate of drug-likeness (QED) is 0.520. The van der Waals surface area contributed by atoms with Gasteiger partial charge in [-0.05, 0) is 50.1 Å². The highest BCUT2D eigenvalue weighted by molar-refractivity contribution is 5.95. The van der Waals surface area contributed by atoms with E-state index < -0.39 is 0 Å². The van der Waals surface area contributed by atoms with Gasteiger partial charge >= 0.3 is 0 Å². The second-order valence-corrected chi connectivity index (χ2v) is 7.88. The van der Waals surface area contributed by atoms with Crippen molar-refractivity contribution in [3.63, 3.8) is 0 Å². The SMILES string of the molecule is [C-]#[N+]c1cnc2ccc3nc2c1N[C@@H](C)CCOc1ccc(F)cc1[C@H]1CCCN31. The largest absolute Gasteiger partial charge is 0.493 e. The molecule has 4 heterocycles. The highest BCUT2D eigenvalue weighted by atomic mass is 19.1. The van der Waals surface area contributed by atoms with Gasteiger partial charge in [0.05, 0.1) is 30.4 Å². The van der Waals surface area contributed by atoms with E-state index in [0.717, 1.165) is 48.5 Å². The maximum Gasteiger partial charge on any atom is 0.229 e. The average molecular weight is 403 g/mol. The molecule has 2 aliphatic heterocycles. The van der Waals surface area contributed by atoms with Crippen molar-refractivity contribution in [2.75, 3.05) is 23.4 Å². The van der Waals surface area contributed by atoms with Gasteiger partial charge in [-0.2, -0.15) is 0 Å². The summed E-state index contributed by atoms with van der Waals surface area (Å²) >= 11 is 0. The number of fused-ring (bicyclic) bond motifs is 5. The van der Waals surface area contributed by atoms with Crippen LogP contribution in [0.1, 0.15) is 37.8 Å². The maximum absolute atomic E-state index is 14.1. The molecule has 2 atom stereocenters. The van der Waals surface area contributed by atoms with Gasteiger partial charge in [0, 0.05) is 30.8 Å². The second kappa shape index (κ2) is 7.45. The van der Waals surface area contributed by atoms with Gasteiger partial charge in [0.2, 0.25) is 5.69 Å². The van der Waals surface area contributed by atoms with Crippen LogP contribution in [-0.4, -0.2) is 29.2 Å². The van der Waals surface area contributed by atoms with E-state index in [4.69, 9.17) is 16.3 Å². The maximum atomic E-state index is 14.1. The number of nitrogens with one attached hydrogen (secondary N) is 1. The van der Waals surface area contributed by atoms with E-state index in [-0.39, 0.29) is 17.9 Å². The molecule has 5 rings (SSSR count). The lowest BCUT2D eigenvalue weighted by Crippen LogP contribution is -2.24. The Bertz CT molecular complexity index is 1160. The molecule has 0 spiro atoms. The Morgan fingerprint density at radius 1 is 1.27 bits per heavy atom. The summed E-state index contributed by atoms with van der Waals surface area (Å²) in [6.07, 6.45) is 4.22. The fourth-order valence-electron chi connectivity index (χ4n) is 4.37. The van der Waals surface area contributed by atoms with E-state index in [0.29, 0.717) is 23.5 Å². The van der Waals surface area contributed by atoms with Gasteiger partial charge in [-0.15, -0.1) is 0 Å². The van der Waals surface area contributed by atoms with Crippen molar-refractivity contribution >= 4 is 28.2 Å². The number of nitrogens with zero attached hydrogens (tertiary/aromatic N) is 4. The Kier molecular flexibility index (Phi) is 4.62. The number of rotatable bonds is 0. The highest BCUT2D eigenvalue weighted by Gasteiger charge is 2.30. The van der Waals surface area contributed by atoms with Crippen LogP contribution in [0, 0.1) is 12.4 Å². The van der Waals surface area contributed by atoms with Crippen molar-refractivity contribution in [3.05, 3.63) is 59.3 Å². The summed E-state index contributed by atoms with van der Waals surface area (Å²) < 4.78 is 20.2. The number of hydrogen-bond donors (Lipinski definition) is 1. The van der Waals surface area contributed by atoms with Crippen LogP contribution in [0.5, 0.6) is 5.75 Å². The number of anilines is 2. The Balaban J connectivity index is 1.71. The molecule has 1 fully saturated rings. The molecule has 152 valence electrons. The summed E-state index contributed by atoms with van der Waals surface area (Å²) in [5, 5.41) is 3.45. The number of halogens is 1. The summed E-state index contributed by atoms with van der Waals surface area (Å²) in [6, 6.07) is 8.72. The first-order valence-corrected chi connectivity index (χ1v) is 10.3. The van der Waals surface area contributed by atoms with Gasteiger partial charge in [0.25, 0.3) is 0 Å². The van der Waals surface area contributed by atoms with Crippen LogP contribution in [0.25, 0.3) is 15.9 Å². The van der Waals surface area contributed by atoms with Crippen LogP contribution >= 0.6 is 0 Å². The number of aromatic nitrogens is 2. The first-order chi connectivity index (χ1) is 14.6. The minimum atomic E-state index is -0.261. The summed E-state index contributed by atoms with van der Waals surface area (Å²) in [5.74, 6) is 1.27. The fraction of sp³-hybridized carbons (Fsp3) is 0.348. The van der Waals surface area contributed by atoms with Gasteiger partial charge in [-0.1, -0.05) is 0 Å². The van der Waals surface area contributed by atoms with Gasteiger partial charge in [-0.3, -0.25) is 4.98 Å². The molecule has 0 unspecified atom stereocenters. The molecule has 0 amide bonds. The topological polar surface area (TPSA) is 54.6 Å². The molecule has 0 aliphatic carbocycles. The summed E-state index contributed by atoms with van der Waals surface area (Å²) in [7, 11) is 0. The highest BCUT2D eigenvalue weighted by Crippen LogP contribution is 2.41. The van der Waals surface area contributed by atoms with Crippen molar-refractivity contribution in [3.8, 4) is 5.75 Å². The van der Waals surface area contributed by atoms with Crippen molar-refractivity contribution < 1.29 is 9.13 Å². The summed E-state index contributed by atoms with van der Waals surface area (Å²) in [4.78, 5) is 15.2. The summed E-state index contributed by atoms with van der Waals surface area (Å²) in [6.45, 7) is 10.9. The van der Waals surface area contributed by atoms with Crippen LogP contribution in [0.2, 0.25) is 0 Å². The monoisotopic (exact) mass is 403 g/mol. The molecule has 2 aliphatic rings. The average Bonchev–Trinajstić information content (AvgIpc) is 3.24. The zero-order valence-corrected chi connectivity index (χ0v) is 16.7. The van der Waals surface area contributed by atoms with Gasteiger partial charge in [0.15, 0.2) is 0 Å². The van der Waals surface area contributed by atoms with Crippen LogP contribution in [0.15, 0.2) is 36.5 Å². The molecule has 3 aromatic rings. The second-order valence-electron chi connectivity index (χ2n) is 7.88. The van der Waals surface area contributed by atoms with E-state index in [1.54, 1.807) is 18.3 Å². The molecule has 1 aromatic carbocycles. The van der Waals surface area contributed by atoms with Crippen molar-refractivity contribution in [1.82, 2.24) is 9.97 Å². The molecule has 0 saturated carbocycles. The Morgan fingerprint density at radius 2 is 2.17 bits per heavy atom. The van der Waals surface area contributed by atoms with E-state index >= 15 is 0 Å². The first kappa shape index (κ1) is 18.6. The Labute approximate surface area is 174 Å². The smallest absolute Gasteiger partial charge is 0.229 e. The van der Waals surface area contributed by atoms with E-state index in [1.807, 2.05) is 12.1 Å². The Morgan fingerprint density at radius 3 is 3.03 bits per heavy atom. The van der Waals surface area contributed by atoms with E-state index in [2.05, 4.69) is 27.0 Å². The zero-order valence-electron chi connectivity index (χ0n) is 16.7. The number of hydrogen-bond acceptors (Lipinski definition) is 5. The number of pyridine rings is 2. The Hall–Kier alpha value is -3.40. The van der Waals surface area contributed by atoms with E-state index in [9.17, 15) is 4.39 Å². The van der Waals surface area contributed by atoms with Crippen molar-refractivity contribution in [2.24, 2.45) is 0 Å². The third kappa shape index (κ3) is 3.18. The lowest BCUT2D eigenvalue weighted by Gasteiger charge is -2.28. The molecule has 1 saturated heterocycles. The van der Waals surface area contributed by atoms with Crippen LogP contribution in [0.3, 0.4) is 0 Å².